The van der Waals surface area contributed by atoms with E-state index in [0.29, 0.717) is 12.2 Å². The summed E-state index contributed by atoms with van der Waals surface area (Å²) in [6.45, 7) is 3.62. The number of hydrogen-bond donors (Lipinski definition) is 3. The van der Waals surface area contributed by atoms with E-state index in [-0.39, 0.29) is 11.8 Å². The monoisotopic (exact) mass is 314 g/mol. The summed E-state index contributed by atoms with van der Waals surface area (Å²) in [6, 6.07) is 14.0. The van der Waals surface area contributed by atoms with Crippen molar-refractivity contribution < 1.29 is 14.1 Å². The Morgan fingerprint density at radius 3 is 2.61 bits per heavy atom. The average Bonchev–Trinajstić information content (AvgIpc) is 2.57. The number of urea groups is 1. The smallest absolute Gasteiger partial charge is 0.319 e. The van der Waals surface area contributed by atoms with Crippen LogP contribution < -0.4 is 15.5 Å². The fourth-order valence-corrected chi connectivity index (χ4v) is 2.92. The fourth-order valence-electron chi connectivity index (χ4n) is 2.92. The van der Waals surface area contributed by atoms with Crippen LogP contribution in [0.15, 0.2) is 48.5 Å². The molecule has 2 aromatic carbocycles. The molecule has 0 bridgehead atoms. The number of nitrogens with one attached hydrogen (secondary N) is 3. The number of carbonyl (C=O) groups is 1. The third-order valence-electron chi connectivity index (χ3n) is 4.17. The normalized spacial score (nSPS) is 16.5. The van der Waals surface area contributed by atoms with Crippen molar-refractivity contribution in [1.82, 2.24) is 5.32 Å². The molecule has 0 fully saturated rings. The number of amides is 2. The molecule has 0 aliphatic carbocycles. The summed E-state index contributed by atoms with van der Waals surface area (Å²) >= 11 is 0. The number of carbonyl (C=O) groups excluding carboxylic acids is 1. The summed E-state index contributed by atoms with van der Waals surface area (Å²) in [5, 5.41) is 5.55. The van der Waals surface area contributed by atoms with Crippen LogP contribution in [0.5, 0.6) is 0 Å². The maximum Gasteiger partial charge on any atom is 0.319 e. The molecule has 5 heteroatoms. The highest BCUT2D eigenvalue weighted by Crippen LogP contribution is 2.10. The van der Waals surface area contributed by atoms with Crippen molar-refractivity contribution in [2.75, 3.05) is 25.0 Å². The van der Waals surface area contributed by atoms with Gasteiger partial charge in [0.1, 0.15) is 12.4 Å². The second kappa shape index (κ2) is 7.24. The van der Waals surface area contributed by atoms with Gasteiger partial charge in [-0.2, -0.15) is 0 Å². The Labute approximate surface area is 135 Å². The minimum absolute atomic E-state index is 0.256. The van der Waals surface area contributed by atoms with Crippen LogP contribution in [0.1, 0.15) is 11.1 Å². The predicted octanol–water partition coefficient (Wildman–Crippen LogP) is 1.59. The van der Waals surface area contributed by atoms with Gasteiger partial charge in [0.05, 0.1) is 19.6 Å². The number of benzene rings is 2. The van der Waals surface area contributed by atoms with Gasteiger partial charge in [-0.05, 0) is 29.8 Å². The van der Waals surface area contributed by atoms with Crippen LogP contribution in [0.4, 0.5) is 14.9 Å². The number of anilines is 1. The first-order valence-electron chi connectivity index (χ1n) is 7.91. The topological polar surface area (TPSA) is 45.6 Å². The lowest BCUT2D eigenvalue weighted by atomic mass is 10.00. The zero-order valence-corrected chi connectivity index (χ0v) is 12.9. The van der Waals surface area contributed by atoms with Crippen molar-refractivity contribution >= 4 is 11.7 Å². The van der Waals surface area contributed by atoms with E-state index in [4.69, 9.17) is 0 Å². The van der Waals surface area contributed by atoms with Gasteiger partial charge in [-0.3, -0.25) is 0 Å². The molecule has 0 saturated carbocycles. The zero-order valence-electron chi connectivity index (χ0n) is 12.9. The second-order valence-electron chi connectivity index (χ2n) is 5.83. The van der Waals surface area contributed by atoms with Gasteiger partial charge in [0.15, 0.2) is 0 Å². The minimum atomic E-state index is -0.315. The minimum Gasteiger partial charge on any atom is -0.332 e. The van der Waals surface area contributed by atoms with Crippen LogP contribution in [0.3, 0.4) is 0 Å². The summed E-state index contributed by atoms with van der Waals surface area (Å²) in [4.78, 5) is 13.3. The Balaban J connectivity index is 1.41. The lowest BCUT2D eigenvalue weighted by Gasteiger charge is -2.25. The molecule has 0 saturated heterocycles. The summed E-state index contributed by atoms with van der Waals surface area (Å²) in [5.41, 5.74) is 3.44. The average molecular weight is 314 g/mol. The highest BCUT2D eigenvalue weighted by Gasteiger charge is 2.18. The van der Waals surface area contributed by atoms with Crippen molar-refractivity contribution in [2.45, 2.75) is 13.0 Å². The number of rotatable bonds is 4. The predicted molar refractivity (Wildman–Crippen MR) is 88.0 cm³/mol. The van der Waals surface area contributed by atoms with Crippen molar-refractivity contribution in [3.63, 3.8) is 0 Å². The first kappa shape index (κ1) is 15.5. The van der Waals surface area contributed by atoms with Gasteiger partial charge in [0.2, 0.25) is 0 Å². The summed E-state index contributed by atoms with van der Waals surface area (Å²) in [6.07, 6.45) is 1.09. The molecule has 2 amide bonds. The maximum atomic E-state index is 12.8. The van der Waals surface area contributed by atoms with Gasteiger partial charge in [0, 0.05) is 17.7 Å². The van der Waals surface area contributed by atoms with E-state index in [1.165, 1.54) is 28.2 Å². The first-order valence-corrected chi connectivity index (χ1v) is 7.91. The number of fused-ring (bicyclic) bond motifs is 1. The molecule has 2 aromatic rings. The van der Waals surface area contributed by atoms with Gasteiger partial charge in [-0.1, -0.05) is 24.3 Å². The van der Waals surface area contributed by atoms with Gasteiger partial charge < -0.3 is 15.5 Å². The summed E-state index contributed by atoms with van der Waals surface area (Å²) < 4.78 is 12.8. The highest BCUT2D eigenvalue weighted by atomic mass is 19.1. The highest BCUT2D eigenvalue weighted by molar-refractivity contribution is 5.89. The Kier molecular flexibility index (Phi) is 4.88. The quantitative estimate of drug-likeness (QED) is 0.788. The zero-order chi connectivity index (χ0) is 16.1. The number of halogens is 1. The van der Waals surface area contributed by atoms with Crippen LogP contribution in [0.25, 0.3) is 0 Å². The van der Waals surface area contributed by atoms with E-state index in [2.05, 4.69) is 34.9 Å². The standard InChI is InChI=1S/C18H20FN3O/c19-16-5-7-17(8-6-16)21-18(23)20-10-12-22-11-9-14-3-1-2-4-15(14)13-22/h1-8H,9-13H2,(H2,20,21,23)/p+1. The Morgan fingerprint density at radius 1 is 1.09 bits per heavy atom. The fraction of sp³-hybridized carbons (Fsp3) is 0.278. The van der Waals surface area contributed by atoms with Crippen LogP contribution in [-0.2, 0) is 13.0 Å². The summed E-state index contributed by atoms with van der Waals surface area (Å²) in [5.74, 6) is -0.315. The molecule has 3 rings (SSSR count). The largest absolute Gasteiger partial charge is 0.332 e. The maximum absolute atomic E-state index is 12.8. The molecule has 23 heavy (non-hydrogen) atoms. The van der Waals surface area contributed by atoms with E-state index < -0.39 is 0 Å². The van der Waals surface area contributed by atoms with Gasteiger partial charge in [0.25, 0.3) is 0 Å². The van der Waals surface area contributed by atoms with Crippen molar-refractivity contribution in [3.05, 3.63) is 65.5 Å². The van der Waals surface area contributed by atoms with Crippen molar-refractivity contribution in [2.24, 2.45) is 0 Å². The molecule has 0 radical (unpaired) electrons. The molecule has 1 atom stereocenters. The van der Waals surface area contributed by atoms with E-state index in [1.807, 2.05) is 0 Å². The Bertz CT molecular complexity index is 672. The molecule has 3 N–H and O–H groups in total. The van der Waals surface area contributed by atoms with Crippen LogP contribution >= 0.6 is 0 Å². The molecular formula is C18H21FN3O+. The van der Waals surface area contributed by atoms with E-state index in [9.17, 15) is 9.18 Å². The van der Waals surface area contributed by atoms with Crippen LogP contribution in [-0.4, -0.2) is 25.7 Å². The lowest BCUT2D eigenvalue weighted by molar-refractivity contribution is -0.914. The molecule has 120 valence electrons. The Hall–Kier alpha value is -2.40. The molecular weight excluding hydrogens is 293 g/mol. The molecule has 4 nitrogen and oxygen atoms in total. The van der Waals surface area contributed by atoms with E-state index in [0.717, 1.165) is 26.1 Å². The second-order valence-corrected chi connectivity index (χ2v) is 5.83. The molecule has 1 unspecified atom stereocenters. The van der Waals surface area contributed by atoms with Crippen LogP contribution in [0, 0.1) is 5.82 Å². The molecule has 0 spiro atoms. The number of quaternary nitrogens is 1. The van der Waals surface area contributed by atoms with Gasteiger partial charge in [-0.15, -0.1) is 0 Å². The van der Waals surface area contributed by atoms with Crippen LogP contribution in [0.2, 0.25) is 0 Å². The van der Waals surface area contributed by atoms with E-state index in [1.54, 1.807) is 12.1 Å². The van der Waals surface area contributed by atoms with Gasteiger partial charge >= 0.3 is 6.03 Å². The molecule has 1 aliphatic heterocycles. The number of hydrogen-bond acceptors (Lipinski definition) is 1. The van der Waals surface area contributed by atoms with Gasteiger partial charge in [-0.25, -0.2) is 9.18 Å². The molecule has 1 heterocycles. The first-order chi connectivity index (χ1) is 11.2. The van der Waals surface area contributed by atoms with Crippen molar-refractivity contribution in [1.29, 1.82) is 0 Å². The Morgan fingerprint density at radius 2 is 1.83 bits per heavy atom. The van der Waals surface area contributed by atoms with Crippen molar-refractivity contribution in [3.8, 4) is 0 Å². The third kappa shape index (κ3) is 4.29. The third-order valence-corrected chi connectivity index (χ3v) is 4.17. The lowest BCUT2D eigenvalue weighted by Crippen LogP contribution is -3.12. The van der Waals surface area contributed by atoms with E-state index >= 15 is 0 Å². The summed E-state index contributed by atoms with van der Waals surface area (Å²) in [7, 11) is 0. The SMILES string of the molecule is O=C(NCC[NH+]1CCc2ccccc2C1)Nc1ccc(F)cc1. The molecule has 0 aromatic heterocycles. The molecule has 1 aliphatic rings.